The number of aromatic nitrogens is 2. The van der Waals surface area contributed by atoms with E-state index in [1.165, 1.54) is 6.92 Å². The summed E-state index contributed by atoms with van der Waals surface area (Å²) in [5, 5.41) is 12.1. The fourth-order valence-electron chi connectivity index (χ4n) is 1.66. The molecule has 104 valence electrons. The molecule has 0 spiro atoms. The molecule has 0 aliphatic heterocycles. The van der Waals surface area contributed by atoms with E-state index < -0.39 is 0 Å². The van der Waals surface area contributed by atoms with E-state index in [0.717, 1.165) is 11.3 Å². The lowest BCUT2D eigenvalue weighted by molar-refractivity contribution is -0.119. The van der Waals surface area contributed by atoms with Crippen molar-refractivity contribution in [3.8, 4) is 0 Å². The Bertz CT molecular complexity index is 576. The standard InChI is InChI=1S/C14H16N4O2/c1-10(19)15-8-11-2-4-12(5-3-11)14(20)16-9-13-6-7-17-18-13/h2-7H,8-9H2,1H3,(H,15,19)(H,16,20)(H,17,18). The van der Waals surface area contributed by atoms with Crippen molar-refractivity contribution in [2.75, 3.05) is 0 Å². The molecule has 0 unspecified atom stereocenters. The summed E-state index contributed by atoms with van der Waals surface area (Å²) in [5.74, 6) is -0.225. The zero-order valence-corrected chi connectivity index (χ0v) is 11.1. The molecule has 0 aliphatic carbocycles. The minimum absolute atomic E-state index is 0.0774. The molecule has 0 bridgehead atoms. The van der Waals surface area contributed by atoms with Crippen LogP contribution in [0.15, 0.2) is 36.5 Å². The van der Waals surface area contributed by atoms with Crippen molar-refractivity contribution in [3.05, 3.63) is 53.3 Å². The summed E-state index contributed by atoms with van der Waals surface area (Å²) in [6, 6.07) is 8.91. The monoisotopic (exact) mass is 272 g/mol. The van der Waals surface area contributed by atoms with Gasteiger partial charge in [0, 0.05) is 25.2 Å². The van der Waals surface area contributed by atoms with Crippen LogP contribution in [0.3, 0.4) is 0 Å². The Kier molecular flexibility index (Phi) is 4.49. The Balaban J connectivity index is 1.88. The number of carbonyl (C=O) groups excluding carboxylic acids is 2. The highest BCUT2D eigenvalue weighted by atomic mass is 16.2. The minimum atomic E-state index is -0.148. The van der Waals surface area contributed by atoms with Crippen molar-refractivity contribution in [2.45, 2.75) is 20.0 Å². The summed E-state index contributed by atoms with van der Waals surface area (Å²) >= 11 is 0. The van der Waals surface area contributed by atoms with Crippen LogP contribution < -0.4 is 10.6 Å². The zero-order valence-electron chi connectivity index (χ0n) is 11.1. The Hall–Kier alpha value is -2.63. The van der Waals surface area contributed by atoms with Gasteiger partial charge in [0.1, 0.15) is 0 Å². The maximum atomic E-state index is 11.9. The molecule has 2 aromatic rings. The number of aromatic amines is 1. The van der Waals surface area contributed by atoms with Crippen LogP contribution in [0.25, 0.3) is 0 Å². The summed E-state index contributed by atoms with van der Waals surface area (Å²) < 4.78 is 0. The molecule has 6 heteroatoms. The molecule has 0 atom stereocenters. The summed E-state index contributed by atoms with van der Waals surface area (Å²) in [6.07, 6.45) is 1.64. The van der Waals surface area contributed by atoms with Gasteiger partial charge in [-0.05, 0) is 23.8 Å². The van der Waals surface area contributed by atoms with Gasteiger partial charge in [-0.1, -0.05) is 12.1 Å². The average molecular weight is 272 g/mol. The van der Waals surface area contributed by atoms with Crippen molar-refractivity contribution in [1.82, 2.24) is 20.8 Å². The average Bonchev–Trinajstić information content (AvgIpc) is 2.96. The number of amides is 2. The highest BCUT2D eigenvalue weighted by molar-refractivity contribution is 5.94. The maximum Gasteiger partial charge on any atom is 0.251 e. The third-order valence-corrected chi connectivity index (χ3v) is 2.76. The van der Waals surface area contributed by atoms with Crippen LogP contribution in [0, 0.1) is 0 Å². The summed E-state index contributed by atoms with van der Waals surface area (Å²) in [7, 11) is 0. The fraction of sp³-hybridized carbons (Fsp3) is 0.214. The Morgan fingerprint density at radius 1 is 1.10 bits per heavy atom. The second-order valence-corrected chi connectivity index (χ2v) is 4.37. The van der Waals surface area contributed by atoms with E-state index in [1.807, 2.05) is 12.1 Å². The van der Waals surface area contributed by atoms with Gasteiger partial charge in [0.2, 0.25) is 5.91 Å². The minimum Gasteiger partial charge on any atom is -0.352 e. The molecule has 1 heterocycles. The van der Waals surface area contributed by atoms with Gasteiger partial charge in [0.15, 0.2) is 0 Å². The molecule has 1 aromatic heterocycles. The fourth-order valence-corrected chi connectivity index (χ4v) is 1.66. The van der Waals surface area contributed by atoms with Crippen LogP contribution in [0.1, 0.15) is 28.5 Å². The first-order valence-electron chi connectivity index (χ1n) is 6.25. The van der Waals surface area contributed by atoms with Crippen LogP contribution in [-0.2, 0) is 17.9 Å². The van der Waals surface area contributed by atoms with E-state index in [2.05, 4.69) is 20.8 Å². The highest BCUT2D eigenvalue weighted by Gasteiger charge is 2.05. The Labute approximate surface area is 116 Å². The molecule has 2 amide bonds. The quantitative estimate of drug-likeness (QED) is 0.758. The second kappa shape index (κ2) is 6.51. The second-order valence-electron chi connectivity index (χ2n) is 4.37. The number of H-pyrrole nitrogens is 1. The smallest absolute Gasteiger partial charge is 0.251 e. The molecule has 20 heavy (non-hydrogen) atoms. The molecule has 0 saturated carbocycles. The molecular formula is C14H16N4O2. The lowest BCUT2D eigenvalue weighted by Gasteiger charge is -2.06. The Morgan fingerprint density at radius 3 is 2.45 bits per heavy atom. The maximum absolute atomic E-state index is 11.9. The van der Waals surface area contributed by atoms with Gasteiger partial charge in [-0.15, -0.1) is 0 Å². The first-order valence-corrected chi connectivity index (χ1v) is 6.25. The normalized spacial score (nSPS) is 10.1. The molecule has 6 nitrogen and oxygen atoms in total. The number of nitrogens with one attached hydrogen (secondary N) is 3. The van der Waals surface area contributed by atoms with Crippen molar-refractivity contribution in [2.24, 2.45) is 0 Å². The van der Waals surface area contributed by atoms with Crippen molar-refractivity contribution in [3.63, 3.8) is 0 Å². The zero-order chi connectivity index (χ0) is 14.4. The Morgan fingerprint density at radius 2 is 1.85 bits per heavy atom. The van der Waals surface area contributed by atoms with Gasteiger partial charge >= 0.3 is 0 Å². The highest BCUT2D eigenvalue weighted by Crippen LogP contribution is 2.05. The van der Waals surface area contributed by atoms with Gasteiger partial charge in [0.25, 0.3) is 5.91 Å². The molecule has 0 radical (unpaired) electrons. The number of hydrogen-bond acceptors (Lipinski definition) is 3. The van der Waals surface area contributed by atoms with Gasteiger partial charge in [-0.25, -0.2) is 0 Å². The number of benzene rings is 1. The molecule has 0 aliphatic rings. The van der Waals surface area contributed by atoms with Crippen LogP contribution in [0.2, 0.25) is 0 Å². The van der Waals surface area contributed by atoms with Crippen molar-refractivity contribution < 1.29 is 9.59 Å². The predicted molar refractivity (Wildman–Crippen MR) is 73.7 cm³/mol. The largest absolute Gasteiger partial charge is 0.352 e. The van der Waals surface area contributed by atoms with E-state index in [0.29, 0.717) is 18.7 Å². The third-order valence-electron chi connectivity index (χ3n) is 2.76. The lowest BCUT2D eigenvalue weighted by atomic mass is 10.1. The van der Waals surface area contributed by atoms with E-state index in [9.17, 15) is 9.59 Å². The first-order chi connectivity index (χ1) is 9.65. The molecule has 0 fully saturated rings. The van der Waals surface area contributed by atoms with Gasteiger partial charge in [-0.2, -0.15) is 5.10 Å². The summed E-state index contributed by atoms with van der Waals surface area (Å²) in [5.41, 5.74) is 2.38. The summed E-state index contributed by atoms with van der Waals surface area (Å²) in [6.45, 7) is 2.34. The topological polar surface area (TPSA) is 86.9 Å². The summed E-state index contributed by atoms with van der Waals surface area (Å²) in [4.78, 5) is 22.7. The molecule has 3 N–H and O–H groups in total. The number of hydrogen-bond donors (Lipinski definition) is 3. The third kappa shape index (κ3) is 3.94. The van der Waals surface area contributed by atoms with Crippen molar-refractivity contribution in [1.29, 1.82) is 0 Å². The van der Waals surface area contributed by atoms with E-state index in [1.54, 1.807) is 24.4 Å². The lowest BCUT2D eigenvalue weighted by Crippen LogP contribution is -2.23. The van der Waals surface area contributed by atoms with Crippen molar-refractivity contribution >= 4 is 11.8 Å². The van der Waals surface area contributed by atoms with E-state index in [4.69, 9.17) is 0 Å². The molecular weight excluding hydrogens is 256 g/mol. The van der Waals surface area contributed by atoms with Crippen LogP contribution in [0.5, 0.6) is 0 Å². The first kappa shape index (κ1) is 13.8. The van der Waals surface area contributed by atoms with E-state index in [-0.39, 0.29) is 11.8 Å². The SMILES string of the molecule is CC(=O)NCc1ccc(C(=O)NCc2ccn[nH]2)cc1. The number of rotatable bonds is 5. The molecule has 1 aromatic carbocycles. The van der Waals surface area contributed by atoms with Crippen LogP contribution >= 0.6 is 0 Å². The predicted octanol–water partition coefficient (Wildman–Crippen LogP) is 0.976. The van der Waals surface area contributed by atoms with Gasteiger partial charge < -0.3 is 10.6 Å². The molecule has 0 saturated heterocycles. The molecule has 2 rings (SSSR count). The van der Waals surface area contributed by atoms with E-state index >= 15 is 0 Å². The number of carbonyl (C=O) groups is 2. The number of nitrogens with zero attached hydrogens (tertiary/aromatic N) is 1. The van der Waals surface area contributed by atoms with Gasteiger partial charge in [-0.3, -0.25) is 14.7 Å². The van der Waals surface area contributed by atoms with Crippen LogP contribution in [-0.4, -0.2) is 22.0 Å². The van der Waals surface area contributed by atoms with Crippen LogP contribution in [0.4, 0.5) is 0 Å². The van der Waals surface area contributed by atoms with Gasteiger partial charge in [0.05, 0.1) is 12.2 Å².